The van der Waals surface area contributed by atoms with Crippen molar-refractivity contribution in [3.05, 3.63) is 12.7 Å². The maximum absolute atomic E-state index is 10.7. The van der Waals surface area contributed by atoms with Gasteiger partial charge in [0.25, 0.3) is 0 Å². The molecule has 1 amide bonds. The van der Waals surface area contributed by atoms with E-state index in [9.17, 15) is 4.79 Å². The van der Waals surface area contributed by atoms with Crippen LogP contribution in [0.25, 0.3) is 0 Å². The third-order valence-corrected chi connectivity index (χ3v) is 1.51. The largest absolute Gasteiger partial charge is 0.351 e. The first-order valence-electron chi connectivity index (χ1n) is 4.63. The highest BCUT2D eigenvalue weighted by molar-refractivity contribution is 5.86. The molecule has 0 unspecified atom stereocenters. The molecule has 0 spiro atoms. The molecule has 0 aliphatic heterocycles. The predicted molar refractivity (Wildman–Crippen MR) is 54.6 cm³/mol. The zero-order valence-electron chi connectivity index (χ0n) is 8.23. The van der Waals surface area contributed by atoms with E-state index < -0.39 is 0 Å². The summed E-state index contributed by atoms with van der Waals surface area (Å²) in [7, 11) is 0. The van der Waals surface area contributed by atoms with Crippen molar-refractivity contribution in [2.45, 2.75) is 6.92 Å². The number of nitrogens with one attached hydrogen (secondary N) is 3. The number of amides is 1. The summed E-state index contributed by atoms with van der Waals surface area (Å²) in [5, 5.41) is 9.06. The first-order chi connectivity index (χ1) is 6.31. The molecule has 4 nitrogen and oxygen atoms in total. The Labute approximate surface area is 79.8 Å². The maximum atomic E-state index is 10.7. The van der Waals surface area contributed by atoms with Crippen LogP contribution in [0, 0.1) is 0 Å². The molecule has 13 heavy (non-hydrogen) atoms. The van der Waals surface area contributed by atoms with Gasteiger partial charge in [-0.1, -0.05) is 13.5 Å². The Morgan fingerprint density at radius 2 is 1.85 bits per heavy atom. The Morgan fingerprint density at radius 3 is 2.46 bits per heavy atom. The van der Waals surface area contributed by atoms with Crippen LogP contribution in [0.5, 0.6) is 0 Å². The molecule has 0 saturated heterocycles. The van der Waals surface area contributed by atoms with Gasteiger partial charge >= 0.3 is 0 Å². The van der Waals surface area contributed by atoms with Gasteiger partial charge in [-0.15, -0.1) is 0 Å². The van der Waals surface area contributed by atoms with Crippen LogP contribution in [-0.4, -0.2) is 38.6 Å². The molecular formula is C9H19N3O. The molecule has 0 radical (unpaired) electrons. The van der Waals surface area contributed by atoms with Crippen molar-refractivity contribution in [1.29, 1.82) is 0 Å². The highest BCUT2D eigenvalue weighted by Gasteiger charge is 1.91. The number of rotatable bonds is 8. The molecule has 0 atom stereocenters. The fourth-order valence-electron chi connectivity index (χ4n) is 0.825. The van der Waals surface area contributed by atoms with E-state index in [1.165, 1.54) is 6.08 Å². The average molecular weight is 185 g/mol. The fourth-order valence-corrected chi connectivity index (χ4v) is 0.825. The van der Waals surface area contributed by atoms with Gasteiger partial charge in [0, 0.05) is 26.2 Å². The maximum Gasteiger partial charge on any atom is 0.243 e. The lowest BCUT2D eigenvalue weighted by molar-refractivity contribution is -0.116. The van der Waals surface area contributed by atoms with Crippen molar-refractivity contribution in [3.63, 3.8) is 0 Å². The molecule has 0 heterocycles. The van der Waals surface area contributed by atoms with Crippen LogP contribution < -0.4 is 16.0 Å². The van der Waals surface area contributed by atoms with Gasteiger partial charge in [-0.25, -0.2) is 0 Å². The number of hydrogen-bond acceptors (Lipinski definition) is 3. The van der Waals surface area contributed by atoms with E-state index in [-0.39, 0.29) is 5.91 Å². The Bertz CT molecular complexity index is 148. The summed E-state index contributed by atoms with van der Waals surface area (Å²) in [6.45, 7) is 9.77. The van der Waals surface area contributed by atoms with Gasteiger partial charge in [-0.3, -0.25) is 4.79 Å². The van der Waals surface area contributed by atoms with Crippen LogP contribution in [0.15, 0.2) is 12.7 Å². The Kier molecular flexibility index (Phi) is 8.60. The lowest BCUT2D eigenvalue weighted by Gasteiger charge is -2.05. The first kappa shape index (κ1) is 12.1. The Hall–Kier alpha value is -0.870. The molecule has 0 rings (SSSR count). The average Bonchev–Trinajstić information content (AvgIpc) is 2.16. The second-order valence-corrected chi connectivity index (χ2v) is 2.60. The summed E-state index contributed by atoms with van der Waals surface area (Å²) in [5.41, 5.74) is 0. The summed E-state index contributed by atoms with van der Waals surface area (Å²) in [5.74, 6) is -0.117. The lowest BCUT2D eigenvalue weighted by atomic mass is 10.5. The van der Waals surface area contributed by atoms with E-state index in [0.717, 1.165) is 26.2 Å². The molecule has 3 N–H and O–H groups in total. The van der Waals surface area contributed by atoms with Gasteiger partial charge in [0.2, 0.25) is 5.91 Å². The summed E-state index contributed by atoms with van der Waals surface area (Å²) in [6, 6.07) is 0. The normalized spacial score (nSPS) is 9.62. The summed E-state index contributed by atoms with van der Waals surface area (Å²) in [6.07, 6.45) is 1.28. The Balaban J connectivity index is 2.99. The monoisotopic (exact) mass is 185 g/mol. The van der Waals surface area contributed by atoms with E-state index >= 15 is 0 Å². The third kappa shape index (κ3) is 9.04. The topological polar surface area (TPSA) is 53.2 Å². The van der Waals surface area contributed by atoms with Gasteiger partial charge in [-0.2, -0.15) is 0 Å². The number of hydrogen-bond donors (Lipinski definition) is 3. The molecule has 0 bridgehead atoms. The molecule has 0 aromatic carbocycles. The summed E-state index contributed by atoms with van der Waals surface area (Å²) in [4.78, 5) is 10.7. The minimum Gasteiger partial charge on any atom is -0.351 e. The lowest BCUT2D eigenvalue weighted by Crippen LogP contribution is -2.34. The molecule has 0 aliphatic carbocycles. The number of likely N-dealkylation sites (N-methyl/N-ethyl adjacent to an activating group) is 1. The van der Waals surface area contributed by atoms with Crippen molar-refractivity contribution >= 4 is 5.91 Å². The van der Waals surface area contributed by atoms with Crippen LogP contribution in [-0.2, 0) is 4.79 Å². The van der Waals surface area contributed by atoms with Crippen molar-refractivity contribution < 1.29 is 4.79 Å². The van der Waals surface area contributed by atoms with E-state index in [1.54, 1.807) is 0 Å². The summed E-state index contributed by atoms with van der Waals surface area (Å²) >= 11 is 0. The highest BCUT2D eigenvalue weighted by atomic mass is 16.1. The molecule has 0 aromatic rings. The predicted octanol–water partition coefficient (Wildman–Crippen LogP) is -0.512. The third-order valence-electron chi connectivity index (χ3n) is 1.51. The van der Waals surface area contributed by atoms with Crippen LogP contribution in [0.4, 0.5) is 0 Å². The van der Waals surface area contributed by atoms with E-state index in [2.05, 4.69) is 29.5 Å². The first-order valence-corrected chi connectivity index (χ1v) is 4.63. The molecule has 76 valence electrons. The van der Waals surface area contributed by atoms with Crippen molar-refractivity contribution in [1.82, 2.24) is 16.0 Å². The minimum atomic E-state index is -0.117. The number of carbonyl (C=O) groups is 1. The molecular weight excluding hydrogens is 166 g/mol. The van der Waals surface area contributed by atoms with Crippen molar-refractivity contribution in [2.24, 2.45) is 0 Å². The van der Waals surface area contributed by atoms with Crippen LogP contribution in [0.2, 0.25) is 0 Å². The van der Waals surface area contributed by atoms with Gasteiger partial charge in [-0.05, 0) is 12.6 Å². The van der Waals surface area contributed by atoms with Gasteiger partial charge in [0.1, 0.15) is 0 Å². The molecule has 0 aromatic heterocycles. The zero-order chi connectivity index (χ0) is 9.94. The van der Waals surface area contributed by atoms with E-state index in [4.69, 9.17) is 0 Å². The van der Waals surface area contributed by atoms with E-state index in [1.807, 2.05) is 0 Å². The standard InChI is InChI=1S/C9H19N3O/c1-3-9(13)12-8-7-11-6-5-10-4-2/h3,10-11H,1,4-8H2,2H3,(H,12,13). The van der Waals surface area contributed by atoms with Gasteiger partial charge in [0.05, 0.1) is 0 Å². The second kappa shape index (κ2) is 9.22. The van der Waals surface area contributed by atoms with Crippen molar-refractivity contribution in [2.75, 3.05) is 32.7 Å². The van der Waals surface area contributed by atoms with Crippen LogP contribution >= 0.6 is 0 Å². The molecule has 0 saturated carbocycles. The highest BCUT2D eigenvalue weighted by Crippen LogP contribution is 1.65. The molecule has 4 heteroatoms. The van der Waals surface area contributed by atoms with E-state index in [0.29, 0.717) is 6.54 Å². The van der Waals surface area contributed by atoms with Crippen LogP contribution in [0.1, 0.15) is 6.92 Å². The SMILES string of the molecule is C=CC(=O)NCCNCCNCC. The zero-order valence-corrected chi connectivity index (χ0v) is 8.23. The summed E-state index contributed by atoms with van der Waals surface area (Å²) < 4.78 is 0. The Morgan fingerprint density at radius 1 is 1.23 bits per heavy atom. The quantitative estimate of drug-likeness (QED) is 0.352. The van der Waals surface area contributed by atoms with Crippen LogP contribution in [0.3, 0.4) is 0 Å². The molecule has 0 aliphatic rings. The van der Waals surface area contributed by atoms with Crippen molar-refractivity contribution in [3.8, 4) is 0 Å². The van der Waals surface area contributed by atoms with Gasteiger partial charge < -0.3 is 16.0 Å². The number of carbonyl (C=O) groups excluding carboxylic acids is 1. The second-order valence-electron chi connectivity index (χ2n) is 2.60. The fraction of sp³-hybridized carbons (Fsp3) is 0.667. The minimum absolute atomic E-state index is 0.117. The van der Waals surface area contributed by atoms with Gasteiger partial charge in [0.15, 0.2) is 0 Å². The molecule has 0 fully saturated rings. The smallest absolute Gasteiger partial charge is 0.243 e.